The Balaban J connectivity index is 2.03. The van der Waals surface area contributed by atoms with E-state index in [1.807, 2.05) is 6.92 Å². The number of hydrogen-bond acceptors (Lipinski definition) is 5. The number of thioether (sulfide) groups is 1. The largest absolute Gasteiger partial charge is 0.382 e. The number of ether oxygens (including phenoxy) is 1. The first-order valence-electron chi connectivity index (χ1n) is 6.04. The van der Waals surface area contributed by atoms with Crippen LogP contribution >= 0.6 is 11.8 Å². The van der Waals surface area contributed by atoms with Crippen LogP contribution < -0.4 is 5.32 Å². The zero-order valence-corrected chi connectivity index (χ0v) is 11.4. The molecule has 0 saturated carbocycles. The molecule has 0 aliphatic carbocycles. The predicted octanol–water partition coefficient (Wildman–Crippen LogP) is 1.97. The second kappa shape index (κ2) is 9.39. The molecule has 4 nitrogen and oxygen atoms in total. The van der Waals surface area contributed by atoms with Gasteiger partial charge in [-0.2, -0.15) is 0 Å². The van der Waals surface area contributed by atoms with Gasteiger partial charge in [0.15, 0.2) is 0 Å². The predicted molar refractivity (Wildman–Crippen MR) is 71.3 cm³/mol. The van der Waals surface area contributed by atoms with Gasteiger partial charge in [0.25, 0.3) is 0 Å². The molecule has 0 aliphatic heterocycles. The Hall–Kier alpha value is -0.650. The molecule has 0 fully saturated rings. The number of aromatic nitrogens is 2. The summed E-state index contributed by atoms with van der Waals surface area (Å²) in [5, 5.41) is 4.90. The quantitative estimate of drug-likeness (QED) is 0.540. The Bertz CT molecular complexity index is 284. The second-order valence-corrected chi connectivity index (χ2v) is 5.19. The lowest BCUT2D eigenvalue weighted by atomic mass is 10.4. The van der Waals surface area contributed by atoms with Gasteiger partial charge >= 0.3 is 0 Å². The Labute approximate surface area is 108 Å². The summed E-state index contributed by atoms with van der Waals surface area (Å²) in [6.45, 7) is 7.84. The smallest absolute Gasteiger partial charge is 0.115 e. The molecule has 1 atom stereocenters. The number of nitrogens with zero attached hydrogens (tertiary/aromatic N) is 2. The molecule has 1 unspecified atom stereocenters. The molecule has 0 saturated heterocycles. The molecule has 0 aliphatic rings. The monoisotopic (exact) mass is 255 g/mol. The minimum Gasteiger partial charge on any atom is -0.382 e. The fourth-order valence-electron chi connectivity index (χ4n) is 1.34. The summed E-state index contributed by atoms with van der Waals surface area (Å²) in [5.41, 5.74) is 0. The van der Waals surface area contributed by atoms with E-state index in [1.54, 1.807) is 30.4 Å². The van der Waals surface area contributed by atoms with E-state index in [9.17, 15) is 0 Å². The minimum absolute atomic E-state index is 0.499. The maximum atomic E-state index is 5.27. The molecular formula is C12H21N3OS. The first-order valence-corrected chi connectivity index (χ1v) is 6.92. The Morgan fingerprint density at radius 2 is 2.35 bits per heavy atom. The molecule has 1 aromatic heterocycles. The summed E-state index contributed by atoms with van der Waals surface area (Å²) in [6.07, 6.45) is 6.29. The van der Waals surface area contributed by atoms with E-state index in [2.05, 4.69) is 22.2 Å². The van der Waals surface area contributed by atoms with Crippen molar-refractivity contribution in [2.24, 2.45) is 0 Å². The molecule has 96 valence electrons. The van der Waals surface area contributed by atoms with Gasteiger partial charge in [0, 0.05) is 37.4 Å². The molecule has 1 heterocycles. The van der Waals surface area contributed by atoms with Crippen molar-refractivity contribution in [1.82, 2.24) is 15.3 Å². The lowest BCUT2D eigenvalue weighted by Crippen LogP contribution is -2.24. The second-order valence-electron chi connectivity index (χ2n) is 3.73. The maximum absolute atomic E-state index is 5.27. The van der Waals surface area contributed by atoms with Gasteiger partial charge in [0.05, 0.1) is 6.20 Å². The highest BCUT2D eigenvalue weighted by atomic mass is 32.2. The Morgan fingerprint density at radius 1 is 1.47 bits per heavy atom. The number of rotatable bonds is 9. The van der Waals surface area contributed by atoms with E-state index in [0.717, 1.165) is 37.8 Å². The SMILES string of the molecule is CCOCCCNCC(C)Sc1cnccn1. The van der Waals surface area contributed by atoms with Crippen molar-refractivity contribution in [3.8, 4) is 0 Å². The van der Waals surface area contributed by atoms with Crippen LogP contribution in [0.3, 0.4) is 0 Å². The summed E-state index contributed by atoms with van der Waals surface area (Å²) in [4.78, 5) is 8.29. The zero-order chi connectivity index (χ0) is 12.3. The average molecular weight is 255 g/mol. The van der Waals surface area contributed by atoms with Gasteiger partial charge in [0.1, 0.15) is 5.03 Å². The van der Waals surface area contributed by atoms with Gasteiger partial charge in [-0.15, -0.1) is 11.8 Å². The van der Waals surface area contributed by atoms with Gasteiger partial charge < -0.3 is 10.1 Å². The van der Waals surface area contributed by atoms with Gasteiger partial charge in [-0.1, -0.05) is 6.92 Å². The summed E-state index contributed by atoms with van der Waals surface area (Å²) < 4.78 is 5.27. The fourth-order valence-corrected chi connectivity index (χ4v) is 2.20. The molecule has 0 spiro atoms. The highest BCUT2D eigenvalue weighted by Gasteiger charge is 2.04. The summed E-state index contributed by atoms with van der Waals surface area (Å²) >= 11 is 1.74. The van der Waals surface area contributed by atoms with Crippen LogP contribution in [0.2, 0.25) is 0 Å². The van der Waals surface area contributed by atoms with Crippen molar-refractivity contribution < 1.29 is 4.74 Å². The molecule has 17 heavy (non-hydrogen) atoms. The molecule has 5 heteroatoms. The molecule has 1 N–H and O–H groups in total. The standard InChI is InChI=1S/C12H21N3OS/c1-3-16-8-4-5-13-9-11(2)17-12-10-14-6-7-15-12/h6-7,10-11,13H,3-5,8-9H2,1-2H3. The van der Waals surface area contributed by atoms with E-state index in [4.69, 9.17) is 4.74 Å². The first-order chi connectivity index (χ1) is 8.33. The fraction of sp³-hybridized carbons (Fsp3) is 0.667. The lowest BCUT2D eigenvalue weighted by molar-refractivity contribution is 0.145. The molecule has 1 aromatic rings. The van der Waals surface area contributed by atoms with Gasteiger partial charge in [-0.05, 0) is 19.9 Å². The third kappa shape index (κ3) is 7.31. The highest BCUT2D eigenvalue weighted by Crippen LogP contribution is 2.18. The molecule has 0 radical (unpaired) electrons. The van der Waals surface area contributed by atoms with E-state index >= 15 is 0 Å². The third-order valence-corrected chi connectivity index (χ3v) is 3.16. The maximum Gasteiger partial charge on any atom is 0.115 e. The number of nitrogens with one attached hydrogen (secondary N) is 1. The topological polar surface area (TPSA) is 47.0 Å². The summed E-state index contributed by atoms with van der Waals surface area (Å²) in [5.74, 6) is 0. The van der Waals surface area contributed by atoms with Crippen molar-refractivity contribution >= 4 is 11.8 Å². The average Bonchev–Trinajstić information content (AvgIpc) is 2.35. The van der Waals surface area contributed by atoms with Crippen molar-refractivity contribution in [3.05, 3.63) is 18.6 Å². The Morgan fingerprint density at radius 3 is 3.06 bits per heavy atom. The summed E-state index contributed by atoms with van der Waals surface area (Å²) in [7, 11) is 0. The minimum atomic E-state index is 0.499. The van der Waals surface area contributed by atoms with Crippen molar-refractivity contribution in [3.63, 3.8) is 0 Å². The summed E-state index contributed by atoms with van der Waals surface area (Å²) in [6, 6.07) is 0. The molecule has 0 bridgehead atoms. The first kappa shape index (κ1) is 14.4. The highest BCUT2D eigenvalue weighted by molar-refractivity contribution is 7.99. The van der Waals surface area contributed by atoms with E-state index in [-0.39, 0.29) is 0 Å². The van der Waals surface area contributed by atoms with Crippen LogP contribution in [0.5, 0.6) is 0 Å². The number of hydrogen-bond donors (Lipinski definition) is 1. The van der Waals surface area contributed by atoms with Crippen LogP contribution in [0.15, 0.2) is 23.6 Å². The van der Waals surface area contributed by atoms with Crippen molar-refractivity contribution in [1.29, 1.82) is 0 Å². The van der Waals surface area contributed by atoms with E-state index in [0.29, 0.717) is 5.25 Å². The van der Waals surface area contributed by atoms with Crippen LogP contribution in [0.4, 0.5) is 0 Å². The zero-order valence-electron chi connectivity index (χ0n) is 10.6. The normalized spacial score (nSPS) is 12.6. The van der Waals surface area contributed by atoms with Gasteiger partial charge in [0.2, 0.25) is 0 Å². The Kier molecular flexibility index (Phi) is 7.96. The molecular weight excluding hydrogens is 234 g/mol. The van der Waals surface area contributed by atoms with E-state index in [1.165, 1.54) is 0 Å². The molecule has 0 amide bonds. The van der Waals surface area contributed by atoms with Crippen LogP contribution in [0, 0.1) is 0 Å². The van der Waals surface area contributed by atoms with Crippen LogP contribution in [-0.2, 0) is 4.74 Å². The van der Waals surface area contributed by atoms with Crippen LogP contribution in [0.1, 0.15) is 20.3 Å². The van der Waals surface area contributed by atoms with Crippen molar-refractivity contribution in [2.45, 2.75) is 30.5 Å². The van der Waals surface area contributed by atoms with E-state index < -0.39 is 0 Å². The molecule has 0 aromatic carbocycles. The molecule has 1 rings (SSSR count). The lowest BCUT2D eigenvalue weighted by Gasteiger charge is -2.11. The third-order valence-electron chi connectivity index (χ3n) is 2.14. The van der Waals surface area contributed by atoms with Crippen LogP contribution in [0.25, 0.3) is 0 Å². The van der Waals surface area contributed by atoms with Crippen molar-refractivity contribution in [2.75, 3.05) is 26.3 Å². The van der Waals surface area contributed by atoms with Gasteiger partial charge in [-0.25, -0.2) is 4.98 Å². The van der Waals surface area contributed by atoms with Crippen LogP contribution in [-0.4, -0.2) is 41.5 Å². The van der Waals surface area contributed by atoms with Gasteiger partial charge in [-0.3, -0.25) is 4.98 Å².